The van der Waals surface area contributed by atoms with Gasteiger partial charge in [0.1, 0.15) is 5.60 Å². The number of carbonyl (C=O) groups excluding carboxylic acids is 1. The van der Waals surface area contributed by atoms with Crippen LogP contribution >= 0.6 is 0 Å². The fourth-order valence-electron chi connectivity index (χ4n) is 1.90. The number of anilines is 1. The zero-order valence-corrected chi connectivity index (χ0v) is 12.8. The fourth-order valence-corrected chi connectivity index (χ4v) is 1.90. The monoisotopic (exact) mass is 279 g/mol. The molecule has 1 amide bonds. The predicted molar refractivity (Wildman–Crippen MR) is 80.3 cm³/mol. The number of nitrogens with zero attached hydrogens (tertiary/aromatic N) is 2. The van der Waals surface area contributed by atoms with Crippen LogP contribution in [-0.4, -0.2) is 34.2 Å². The number of nitrogens with two attached hydrogens (primary N) is 1. The molecular formula is C15H25N3O2. The van der Waals surface area contributed by atoms with E-state index in [0.717, 1.165) is 19.4 Å². The van der Waals surface area contributed by atoms with Crippen molar-refractivity contribution in [3.05, 3.63) is 24.5 Å². The Morgan fingerprint density at radius 3 is 2.55 bits per heavy atom. The van der Waals surface area contributed by atoms with Gasteiger partial charge in [0.15, 0.2) is 0 Å². The molecule has 0 bridgehead atoms. The highest BCUT2D eigenvalue weighted by Crippen LogP contribution is 2.19. The van der Waals surface area contributed by atoms with Crippen molar-refractivity contribution in [3.63, 3.8) is 0 Å². The van der Waals surface area contributed by atoms with Crippen LogP contribution in [0.3, 0.4) is 0 Å². The molecule has 2 N–H and O–H groups in total. The molecule has 1 saturated heterocycles. The number of hydrogen-bond acceptors (Lipinski definition) is 4. The van der Waals surface area contributed by atoms with Gasteiger partial charge < -0.3 is 15.4 Å². The third-order valence-corrected chi connectivity index (χ3v) is 2.87. The maximum atomic E-state index is 11.6. The van der Waals surface area contributed by atoms with Gasteiger partial charge in [0.2, 0.25) is 0 Å². The van der Waals surface area contributed by atoms with E-state index in [1.807, 2.05) is 25.7 Å². The number of nitrogen functional groups attached to an aromatic ring is 1. The summed E-state index contributed by atoms with van der Waals surface area (Å²) in [7, 11) is 0. The second-order valence-corrected chi connectivity index (χ2v) is 5.95. The fraction of sp³-hybridized carbons (Fsp3) is 0.600. The first kappa shape index (κ1) is 16.3. The minimum Gasteiger partial charge on any atom is -0.444 e. The van der Waals surface area contributed by atoms with Crippen molar-refractivity contribution < 1.29 is 9.53 Å². The van der Waals surface area contributed by atoms with E-state index in [0.29, 0.717) is 11.7 Å². The van der Waals surface area contributed by atoms with Gasteiger partial charge in [0, 0.05) is 25.0 Å². The molecule has 0 aliphatic carbocycles. The Balaban J connectivity index is 0.000000240. The van der Waals surface area contributed by atoms with Gasteiger partial charge in [-0.2, -0.15) is 0 Å². The van der Waals surface area contributed by atoms with E-state index in [-0.39, 0.29) is 11.7 Å². The summed E-state index contributed by atoms with van der Waals surface area (Å²) in [5, 5.41) is 0. The van der Waals surface area contributed by atoms with E-state index in [4.69, 9.17) is 10.5 Å². The van der Waals surface area contributed by atoms with Crippen molar-refractivity contribution in [1.29, 1.82) is 0 Å². The lowest BCUT2D eigenvalue weighted by Gasteiger charge is -2.26. The molecule has 0 aromatic carbocycles. The molecule has 112 valence electrons. The summed E-state index contributed by atoms with van der Waals surface area (Å²) in [6.45, 7) is 8.59. The van der Waals surface area contributed by atoms with E-state index in [1.165, 1.54) is 0 Å². The van der Waals surface area contributed by atoms with Gasteiger partial charge in [0.25, 0.3) is 0 Å². The molecule has 0 spiro atoms. The molecule has 5 heteroatoms. The van der Waals surface area contributed by atoms with Crippen LogP contribution in [0.25, 0.3) is 0 Å². The van der Waals surface area contributed by atoms with Crippen LogP contribution in [0.15, 0.2) is 24.5 Å². The van der Waals surface area contributed by atoms with Crippen molar-refractivity contribution in [2.75, 3.05) is 12.3 Å². The number of rotatable bonds is 0. The number of pyridine rings is 1. The first-order valence-corrected chi connectivity index (χ1v) is 6.95. The second-order valence-electron chi connectivity index (χ2n) is 5.95. The summed E-state index contributed by atoms with van der Waals surface area (Å²) in [6.07, 6.45) is 5.33. The lowest BCUT2D eigenvalue weighted by Crippen LogP contribution is -2.38. The minimum absolute atomic E-state index is 0.169. The smallest absolute Gasteiger partial charge is 0.410 e. The van der Waals surface area contributed by atoms with Crippen molar-refractivity contribution in [2.24, 2.45) is 0 Å². The Labute approximate surface area is 121 Å². The number of ether oxygens (including phenoxy) is 1. The summed E-state index contributed by atoms with van der Waals surface area (Å²) >= 11 is 0. The van der Waals surface area contributed by atoms with Gasteiger partial charge in [-0.1, -0.05) is 0 Å². The Morgan fingerprint density at radius 2 is 2.20 bits per heavy atom. The first-order valence-electron chi connectivity index (χ1n) is 6.95. The molecule has 1 aromatic rings. The van der Waals surface area contributed by atoms with Crippen LogP contribution in [0.1, 0.15) is 40.5 Å². The summed E-state index contributed by atoms with van der Waals surface area (Å²) in [4.78, 5) is 17.1. The van der Waals surface area contributed by atoms with Crippen LogP contribution in [0, 0.1) is 0 Å². The molecule has 5 nitrogen and oxygen atoms in total. The lowest BCUT2D eigenvalue weighted by atomic mass is 10.2. The first-order chi connectivity index (χ1) is 9.29. The van der Waals surface area contributed by atoms with Crippen molar-refractivity contribution in [3.8, 4) is 0 Å². The van der Waals surface area contributed by atoms with Crippen LogP contribution < -0.4 is 5.73 Å². The van der Waals surface area contributed by atoms with Crippen LogP contribution in [0.4, 0.5) is 10.5 Å². The summed E-state index contributed by atoms with van der Waals surface area (Å²) < 4.78 is 5.28. The van der Waals surface area contributed by atoms with Crippen LogP contribution in [-0.2, 0) is 4.74 Å². The van der Waals surface area contributed by atoms with Crippen molar-refractivity contribution in [1.82, 2.24) is 9.88 Å². The van der Waals surface area contributed by atoms with Crippen LogP contribution in [0.5, 0.6) is 0 Å². The van der Waals surface area contributed by atoms with Crippen molar-refractivity contribution in [2.45, 2.75) is 52.2 Å². The van der Waals surface area contributed by atoms with Gasteiger partial charge in [-0.05, 0) is 52.7 Å². The molecule has 1 aromatic heterocycles. The Morgan fingerprint density at radius 1 is 1.50 bits per heavy atom. The normalized spacial score (nSPS) is 18.2. The van der Waals surface area contributed by atoms with E-state index < -0.39 is 0 Å². The van der Waals surface area contributed by atoms with Gasteiger partial charge in [-0.15, -0.1) is 0 Å². The molecule has 1 unspecified atom stereocenters. The van der Waals surface area contributed by atoms with E-state index >= 15 is 0 Å². The third-order valence-electron chi connectivity index (χ3n) is 2.87. The SMILES string of the molecule is CC1CCCN1C(=O)OC(C)(C)C.Nc1cccnc1. The highest BCUT2D eigenvalue weighted by Gasteiger charge is 2.28. The highest BCUT2D eigenvalue weighted by atomic mass is 16.6. The number of hydrogen-bond donors (Lipinski definition) is 1. The number of likely N-dealkylation sites (tertiary alicyclic amines) is 1. The Hall–Kier alpha value is -1.78. The molecule has 1 atom stereocenters. The molecular weight excluding hydrogens is 254 g/mol. The van der Waals surface area contributed by atoms with Gasteiger partial charge in [-0.25, -0.2) is 4.79 Å². The molecule has 20 heavy (non-hydrogen) atoms. The predicted octanol–water partition coefficient (Wildman–Crippen LogP) is 3.07. The summed E-state index contributed by atoms with van der Waals surface area (Å²) in [6, 6.07) is 3.94. The maximum Gasteiger partial charge on any atom is 0.410 e. The van der Waals surface area contributed by atoms with E-state index in [9.17, 15) is 4.79 Å². The summed E-state index contributed by atoms with van der Waals surface area (Å²) in [5.74, 6) is 0. The molecule has 1 aliphatic heterocycles. The average Bonchev–Trinajstić information content (AvgIpc) is 2.75. The quantitative estimate of drug-likeness (QED) is 0.792. The number of carbonyl (C=O) groups is 1. The minimum atomic E-state index is -0.376. The van der Waals surface area contributed by atoms with E-state index in [2.05, 4.69) is 11.9 Å². The van der Waals surface area contributed by atoms with Gasteiger partial charge in [0.05, 0.1) is 5.69 Å². The highest BCUT2D eigenvalue weighted by molar-refractivity contribution is 5.68. The topological polar surface area (TPSA) is 68.5 Å². The molecule has 1 fully saturated rings. The maximum absolute atomic E-state index is 11.6. The Kier molecular flexibility index (Phi) is 5.80. The zero-order chi connectivity index (χ0) is 15.2. The van der Waals surface area contributed by atoms with Crippen LogP contribution in [0.2, 0.25) is 0 Å². The third kappa shape index (κ3) is 5.91. The zero-order valence-electron chi connectivity index (χ0n) is 12.8. The number of aromatic nitrogens is 1. The molecule has 1 aliphatic rings. The lowest BCUT2D eigenvalue weighted by molar-refractivity contribution is 0.0239. The number of amides is 1. The Bertz CT molecular complexity index is 415. The van der Waals surface area contributed by atoms with Crippen molar-refractivity contribution >= 4 is 11.8 Å². The molecule has 2 heterocycles. The second kappa shape index (κ2) is 7.12. The van der Waals surface area contributed by atoms with Gasteiger partial charge >= 0.3 is 6.09 Å². The average molecular weight is 279 g/mol. The van der Waals surface area contributed by atoms with Gasteiger partial charge in [-0.3, -0.25) is 4.98 Å². The molecule has 0 saturated carbocycles. The molecule has 2 rings (SSSR count). The standard InChI is InChI=1S/C10H19NO2.C5H6N2/c1-8-6-5-7-11(8)9(12)13-10(2,3)4;6-5-2-1-3-7-4-5/h8H,5-7H2,1-4H3;1-4H,6H2. The summed E-state index contributed by atoms with van der Waals surface area (Å²) in [5.41, 5.74) is 5.63. The largest absolute Gasteiger partial charge is 0.444 e. The molecule has 0 radical (unpaired) electrons. The van der Waals surface area contributed by atoms with E-state index in [1.54, 1.807) is 24.5 Å².